The predicted molar refractivity (Wildman–Crippen MR) is 155 cm³/mol. The molecule has 39 heavy (non-hydrogen) atoms. The summed E-state index contributed by atoms with van der Waals surface area (Å²) in [6.45, 7) is 7.98. The molecule has 2 aromatic heterocycles. The Bertz CT molecular complexity index is 1780. The number of benzene rings is 2. The molecule has 6 nitrogen and oxygen atoms in total. The SMILES string of the molecule is CCOC(=O)C1=C(C)N=c2s/c(=C\c3ccc(-c4cccc(Cl)c4Cl)o3)c(=O)n2[C@H]1c1ccc(C(C)C)cc1. The molecule has 0 saturated carbocycles. The topological polar surface area (TPSA) is 73.8 Å². The van der Waals surface area contributed by atoms with Crippen molar-refractivity contribution in [3.8, 4) is 11.3 Å². The van der Waals surface area contributed by atoms with E-state index in [-0.39, 0.29) is 12.2 Å². The molecule has 4 aromatic rings. The third-order valence-electron chi connectivity index (χ3n) is 6.55. The monoisotopic (exact) mass is 580 g/mol. The number of ether oxygens (including phenoxy) is 1. The first kappa shape index (κ1) is 27.2. The van der Waals surface area contributed by atoms with Crippen LogP contribution in [-0.4, -0.2) is 17.1 Å². The molecule has 0 saturated heterocycles. The van der Waals surface area contributed by atoms with E-state index in [0.717, 1.165) is 11.1 Å². The van der Waals surface area contributed by atoms with Gasteiger partial charge in [-0.15, -0.1) is 0 Å². The highest BCUT2D eigenvalue weighted by Crippen LogP contribution is 2.35. The van der Waals surface area contributed by atoms with E-state index in [1.165, 1.54) is 11.3 Å². The van der Waals surface area contributed by atoms with Crippen LogP contribution >= 0.6 is 34.5 Å². The number of hydrogen-bond donors (Lipinski definition) is 0. The molecule has 9 heteroatoms. The Morgan fingerprint density at radius 1 is 1.15 bits per heavy atom. The van der Waals surface area contributed by atoms with Gasteiger partial charge in [0.1, 0.15) is 11.5 Å². The van der Waals surface area contributed by atoms with Crippen molar-refractivity contribution in [2.75, 3.05) is 6.61 Å². The van der Waals surface area contributed by atoms with Crippen molar-refractivity contribution >= 4 is 46.6 Å². The maximum Gasteiger partial charge on any atom is 0.338 e. The summed E-state index contributed by atoms with van der Waals surface area (Å²) in [4.78, 5) is 32.0. The molecule has 0 N–H and O–H groups in total. The summed E-state index contributed by atoms with van der Waals surface area (Å²) in [6, 6.07) is 16.2. The minimum atomic E-state index is -0.666. The van der Waals surface area contributed by atoms with Crippen molar-refractivity contribution in [3.63, 3.8) is 0 Å². The normalized spacial score (nSPS) is 15.5. The molecule has 0 spiro atoms. The van der Waals surface area contributed by atoms with Gasteiger partial charge in [0, 0.05) is 11.6 Å². The van der Waals surface area contributed by atoms with Crippen LogP contribution in [0.25, 0.3) is 17.4 Å². The highest BCUT2D eigenvalue weighted by atomic mass is 35.5. The number of thiazole rings is 1. The maximum atomic E-state index is 13.8. The van der Waals surface area contributed by atoms with Gasteiger partial charge in [-0.2, -0.15) is 0 Å². The molecular weight excluding hydrogens is 555 g/mol. The summed E-state index contributed by atoms with van der Waals surface area (Å²) < 4.78 is 13.4. The van der Waals surface area contributed by atoms with Gasteiger partial charge in [-0.3, -0.25) is 9.36 Å². The smallest absolute Gasteiger partial charge is 0.338 e. The number of fused-ring (bicyclic) bond motifs is 1. The standard InChI is InChI=1S/C30H26Cl2N2O4S/c1-5-37-29(36)25-17(4)33-30-34(27(25)19-11-9-18(10-12-19)16(2)3)28(35)24(39-30)15-20-13-14-23(38-20)21-7-6-8-22(31)26(21)32/h6-16,27H,5H2,1-4H3/b24-15-/t27-/m0/s1. The van der Waals surface area contributed by atoms with E-state index in [2.05, 4.69) is 18.8 Å². The number of carbonyl (C=O) groups excluding carboxylic acids is 1. The molecule has 200 valence electrons. The van der Waals surface area contributed by atoms with Gasteiger partial charge < -0.3 is 9.15 Å². The number of carbonyl (C=O) groups is 1. The van der Waals surface area contributed by atoms with E-state index in [1.807, 2.05) is 30.3 Å². The second-order valence-electron chi connectivity index (χ2n) is 9.43. The van der Waals surface area contributed by atoms with E-state index in [0.29, 0.717) is 53.7 Å². The predicted octanol–water partition coefficient (Wildman–Crippen LogP) is 6.49. The van der Waals surface area contributed by atoms with Crippen molar-refractivity contribution < 1.29 is 13.9 Å². The summed E-state index contributed by atoms with van der Waals surface area (Å²) in [5, 5.41) is 0.819. The lowest BCUT2D eigenvalue weighted by molar-refractivity contribution is -0.139. The average molecular weight is 582 g/mol. The Morgan fingerprint density at radius 2 is 1.90 bits per heavy atom. The molecule has 2 aromatic carbocycles. The van der Waals surface area contributed by atoms with Gasteiger partial charge >= 0.3 is 5.97 Å². The highest BCUT2D eigenvalue weighted by Gasteiger charge is 2.33. The molecule has 0 bridgehead atoms. The number of rotatable bonds is 6. The lowest BCUT2D eigenvalue weighted by Crippen LogP contribution is -2.39. The molecule has 0 fully saturated rings. The van der Waals surface area contributed by atoms with Gasteiger partial charge in [0.25, 0.3) is 5.56 Å². The van der Waals surface area contributed by atoms with E-state index in [4.69, 9.17) is 32.4 Å². The summed E-state index contributed by atoms with van der Waals surface area (Å²) in [6.07, 6.45) is 1.67. The van der Waals surface area contributed by atoms with E-state index in [9.17, 15) is 9.59 Å². The van der Waals surface area contributed by atoms with Gasteiger partial charge in [-0.1, -0.05) is 78.7 Å². The van der Waals surface area contributed by atoms with Crippen LogP contribution < -0.4 is 14.9 Å². The molecule has 1 aliphatic heterocycles. The van der Waals surface area contributed by atoms with Crippen molar-refractivity contribution in [1.82, 2.24) is 4.57 Å². The third kappa shape index (κ3) is 5.14. The van der Waals surface area contributed by atoms with E-state index >= 15 is 0 Å². The molecule has 1 aliphatic rings. The van der Waals surface area contributed by atoms with Crippen LogP contribution in [0.4, 0.5) is 0 Å². The molecule has 0 unspecified atom stereocenters. The highest BCUT2D eigenvalue weighted by molar-refractivity contribution is 7.07. The van der Waals surface area contributed by atoms with Crippen molar-refractivity contribution in [2.24, 2.45) is 4.99 Å². The molecular formula is C30H26Cl2N2O4S. The summed E-state index contributed by atoms with van der Waals surface area (Å²) >= 11 is 13.8. The average Bonchev–Trinajstić information content (AvgIpc) is 3.49. The Morgan fingerprint density at radius 3 is 2.59 bits per heavy atom. The van der Waals surface area contributed by atoms with Crippen LogP contribution in [0.1, 0.15) is 56.5 Å². The van der Waals surface area contributed by atoms with Crippen molar-refractivity contribution in [3.05, 3.63) is 112 Å². The second kappa shape index (κ2) is 11.0. The first-order valence-electron chi connectivity index (χ1n) is 12.5. The number of furan rings is 1. The van der Waals surface area contributed by atoms with Gasteiger partial charge in [0.2, 0.25) is 0 Å². The lowest BCUT2D eigenvalue weighted by Gasteiger charge is -2.25. The number of esters is 1. The number of halogens is 2. The Labute approximate surface area is 239 Å². The Balaban J connectivity index is 1.63. The van der Waals surface area contributed by atoms with E-state index in [1.54, 1.807) is 48.8 Å². The zero-order chi connectivity index (χ0) is 27.8. The Kier molecular flexibility index (Phi) is 7.67. The third-order valence-corrected chi connectivity index (χ3v) is 8.35. The minimum Gasteiger partial charge on any atom is -0.463 e. The molecule has 0 amide bonds. The number of nitrogens with zero attached hydrogens (tertiary/aromatic N) is 2. The van der Waals surface area contributed by atoms with Gasteiger partial charge in [-0.25, -0.2) is 9.79 Å². The molecule has 0 radical (unpaired) electrons. The van der Waals surface area contributed by atoms with Crippen LogP contribution in [0.2, 0.25) is 10.0 Å². The number of hydrogen-bond acceptors (Lipinski definition) is 6. The summed E-state index contributed by atoms with van der Waals surface area (Å²) in [5.74, 6) is 0.874. The van der Waals surface area contributed by atoms with E-state index < -0.39 is 12.0 Å². The van der Waals surface area contributed by atoms with Crippen molar-refractivity contribution in [2.45, 2.75) is 39.7 Å². The quantitative estimate of drug-likeness (QED) is 0.244. The second-order valence-corrected chi connectivity index (χ2v) is 11.2. The molecule has 1 atom stereocenters. The van der Waals surface area contributed by atoms with Crippen LogP contribution in [-0.2, 0) is 9.53 Å². The van der Waals surface area contributed by atoms with Crippen LogP contribution in [0.15, 0.2) is 80.1 Å². The van der Waals surface area contributed by atoms with Gasteiger partial charge in [0.15, 0.2) is 4.80 Å². The lowest BCUT2D eigenvalue weighted by atomic mass is 9.93. The van der Waals surface area contributed by atoms with Crippen LogP contribution in [0.5, 0.6) is 0 Å². The van der Waals surface area contributed by atoms with Crippen molar-refractivity contribution in [1.29, 1.82) is 0 Å². The fourth-order valence-electron chi connectivity index (χ4n) is 4.57. The first-order chi connectivity index (χ1) is 18.7. The molecule has 5 rings (SSSR count). The molecule has 3 heterocycles. The van der Waals surface area contributed by atoms with Gasteiger partial charge in [-0.05, 0) is 55.2 Å². The molecule has 0 aliphatic carbocycles. The summed E-state index contributed by atoms with van der Waals surface area (Å²) in [5.41, 5.74) is 3.23. The van der Waals surface area contributed by atoms with Crippen LogP contribution in [0, 0.1) is 0 Å². The largest absolute Gasteiger partial charge is 0.463 e. The minimum absolute atomic E-state index is 0.219. The zero-order valence-corrected chi connectivity index (χ0v) is 24.2. The fourth-order valence-corrected chi connectivity index (χ4v) is 5.99. The Hall–Kier alpha value is -3.39. The fraction of sp³-hybridized carbons (Fsp3) is 0.233. The number of aromatic nitrogens is 1. The number of allylic oxidation sites excluding steroid dienone is 1. The summed E-state index contributed by atoms with van der Waals surface area (Å²) in [7, 11) is 0. The maximum absolute atomic E-state index is 13.8. The zero-order valence-electron chi connectivity index (χ0n) is 21.8. The van der Waals surface area contributed by atoms with Crippen LogP contribution in [0.3, 0.4) is 0 Å². The first-order valence-corrected chi connectivity index (χ1v) is 14.1. The van der Waals surface area contributed by atoms with Gasteiger partial charge in [0.05, 0.1) is 38.5 Å².